The minimum absolute atomic E-state index is 0.890. The van der Waals surface area contributed by atoms with Crippen molar-refractivity contribution >= 4 is 38.1 Å². The van der Waals surface area contributed by atoms with Crippen LogP contribution in [0.25, 0.3) is 0 Å². The highest BCUT2D eigenvalue weighted by Crippen LogP contribution is 2.34. The van der Waals surface area contributed by atoms with Gasteiger partial charge in [-0.3, -0.25) is 0 Å². The minimum Gasteiger partial charge on any atom is -0.497 e. The van der Waals surface area contributed by atoms with Gasteiger partial charge in [-0.2, -0.15) is 0 Å². The van der Waals surface area contributed by atoms with Gasteiger partial charge in [0, 0.05) is 18.0 Å². The van der Waals surface area contributed by atoms with Gasteiger partial charge in [0.1, 0.15) is 10.1 Å². The first-order chi connectivity index (χ1) is 8.29. The Labute approximate surface area is 115 Å². The molecule has 1 aliphatic heterocycles. The van der Waals surface area contributed by atoms with Gasteiger partial charge < -0.3 is 9.64 Å². The lowest BCUT2D eigenvalue weighted by atomic mass is 10.3. The van der Waals surface area contributed by atoms with E-state index in [9.17, 15) is 0 Å². The molecule has 0 radical (unpaired) electrons. The third-order valence-electron chi connectivity index (χ3n) is 2.63. The molecule has 1 fully saturated rings. The van der Waals surface area contributed by atoms with Crippen molar-refractivity contribution in [2.45, 2.75) is 17.7 Å². The molecule has 1 saturated heterocycles. The fraction of sp³-hybridized carbons (Fsp3) is 0.417. The van der Waals surface area contributed by atoms with Gasteiger partial charge in [-0.1, -0.05) is 23.0 Å². The van der Waals surface area contributed by atoms with Gasteiger partial charge >= 0.3 is 0 Å². The summed E-state index contributed by atoms with van der Waals surface area (Å²) in [6, 6.07) is 8.07. The van der Waals surface area contributed by atoms with Crippen LogP contribution in [0.15, 0.2) is 29.2 Å². The summed E-state index contributed by atoms with van der Waals surface area (Å²) >= 11 is 5.40. The highest BCUT2D eigenvalue weighted by atomic mass is 33.1. The zero-order valence-electron chi connectivity index (χ0n) is 9.72. The van der Waals surface area contributed by atoms with Gasteiger partial charge in [0.2, 0.25) is 0 Å². The van der Waals surface area contributed by atoms with Crippen LogP contribution in [0.1, 0.15) is 12.8 Å². The van der Waals surface area contributed by atoms with Crippen LogP contribution >= 0.6 is 33.8 Å². The Hall–Kier alpha value is -0.390. The van der Waals surface area contributed by atoms with Crippen molar-refractivity contribution in [2.75, 3.05) is 20.2 Å². The Morgan fingerprint density at radius 1 is 1.24 bits per heavy atom. The molecule has 2 rings (SSSR count). The predicted molar refractivity (Wildman–Crippen MR) is 79.8 cm³/mol. The molecule has 1 aliphatic rings. The maximum absolute atomic E-state index is 5.40. The van der Waals surface area contributed by atoms with Gasteiger partial charge in [0.15, 0.2) is 0 Å². The molecular formula is C12H15NOS3. The first kappa shape index (κ1) is 13.1. The van der Waals surface area contributed by atoms with Crippen LogP contribution in [0.4, 0.5) is 0 Å². The number of hydrogen-bond acceptors (Lipinski definition) is 4. The van der Waals surface area contributed by atoms with Gasteiger partial charge in [0.05, 0.1) is 7.11 Å². The fourth-order valence-corrected chi connectivity index (χ4v) is 4.01. The maximum Gasteiger partial charge on any atom is 0.147 e. The number of rotatable bonds is 3. The average Bonchev–Trinajstić information content (AvgIpc) is 2.90. The molecule has 1 aromatic carbocycles. The molecule has 92 valence electrons. The molecule has 0 atom stereocenters. The van der Waals surface area contributed by atoms with Gasteiger partial charge in [-0.05, 0) is 47.9 Å². The monoisotopic (exact) mass is 285 g/mol. The van der Waals surface area contributed by atoms with E-state index in [-0.39, 0.29) is 0 Å². The van der Waals surface area contributed by atoms with Crippen LogP contribution in [-0.2, 0) is 0 Å². The second-order valence-corrected chi connectivity index (χ2v) is 6.64. The van der Waals surface area contributed by atoms with E-state index in [4.69, 9.17) is 17.0 Å². The van der Waals surface area contributed by atoms with E-state index in [1.165, 1.54) is 17.7 Å². The summed E-state index contributed by atoms with van der Waals surface area (Å²) in [4.78, 5) is 3.49. The maximum atomic E-state index is 5.40. The van der Waals surface area contributed by atoms with E-state index in [1.54, 1.807) is 28.7 Å². The molecule has 2 nitrogen and oxygen atoms in total. The van der Waals surface area contributed by atoms with Gasteiger partial charge in [-0.15, -0.1) is 0 Å². The van der Waals surface area contributed by atoms with E-state index in [1.807, 2.05) is 12.1 Å². The molecule has 17 heavy (non-hydrogen) atoms. The lowest BCUT2D eigenvalue weighted by Gasteiger charge is -2.16. The van der Waals surface area contributed by atoms with Crippen molar-refractivity contribution in [3.63, 3.8) is 0 Å². The predicted octanol–water partition coefficient (Wildman–Crippen LogP) is 3.82. The van der Waals surface area contributed by atoms with Crippen molar-refractivity contribution in [3.05, 3.63) is 24.3 Å². The zero-order valence-corrected chi connectivity index (χ0v) is 12.2. The van der Waals surface area contributed by atoms with E-state index in [0.29, 0.717) is 0 Å². The van der Waals surface area contributed by atoms with Crippen molar-refractivity contribution in [1.29, 1.82) is 0 Å². The Morgan fingerprint density at radius 2 is 1.88 bits per heavy atom. The van der Waals surface area contributed by atoms with Crippen molar-refractivity contribution < 1.29 is 4.74 Å². The van der Waals surface area contributed by atoms with Crippen molar-refractivity contribution in [2.24, 2.45) is 0 Å². The second kappa shape index (κ2) is 6.52. The van der Waals surface area contributed by atoms with Crippen LogP contribution < -0.4 is 4.74 Å². The Morgan fingerprint density at radius 3 is 2.47 bits per heavy atom. The third kappa shape index (κ3) is 3.79. The first-order valence-electron chi connectivity index (χ1n) is 5.57. The zero-order chi connectivity index (χ0) is 12.1. The van der Waals surface area contributed by atoms with E-state index in [0.717, 1.165) is 23.2 Å². The number of likely N-dealkylation sites (tertiary alicyclic amines) is 1. The highest BCUT2D eigenvalue weighted by Gasteiger charge is 2.15. The molecule has 0 aromatic heterocycles. The fourth-order valence-electron chi connectivity index (χ4n) is 1.67. The van der Waals surface area contributed by atoms with Crippen LogP contribution in [0, 0.1) is 0 Å². The quantitative estimate of drug-likeness (QED) is 0.616. The Bertz CT molecular complexity index is 374. The van der Waals surface area contributed by atoms with Gasteiger partial charge in [0.25, 0.3) is 0 Å². The molecular weight excluding hydrogens is 270 g/mol. The number of ether oxygens (including phenoxy) is 1. The summed E-state index contributed by atoms with van der Waals surface area (Å²) < 4.78 is 6.13. The third-order valence-corrected chi connectivity index (χ3v) is 5.71. The SMILES string of the molecule is COc1ccc(SSC(=S)N2CCCC2)cc1. The summed E-state index contributed by atoms with van der Waals surface area (Å²) in [5.41, 5.74) is 0. The normalized spacial score (nSPS) is 15.0. The molecule has 1 heterocycles. The first-order valence-corrected chi connectivity index (χ1v) is 8.13. The second-order valence-electron chi connectivity index (χ2n) is 3.80. The average molecular weight is 285 g/mol. The molecule has 0 unspecified atom stereocenters. The molecule has 0 saturated carbocycles. The summed E-state index contributed by atoms with van der Waals surface area (Å²) in [7, 11) is 5.07. The van der Waals surface area contributed by atoms with Crippen molar-refractivity contribution in [3.8, 4) is 5.75 Å². The Kier molecular flexibility index (Phi) is 5.00. The van der Waals surface area contributed by atoms with E-state index in [2.05, 4.69) is 17.0 Å². The standard InChI is InChI=1S/C12H15NOS3/c1-14-10-4-6-11(7-5-10)16-17-12(15)13-8-2-3-9-13/h4-7H,2-3,8-9H2,1H3. The molecule has 0 amide bonds. The minimum atomic E-state index is 0.890. The summed E-state index contributed by atoms with van der Waals surface area (Å²) in [6.07, 6.45) is 2.54. The molecule has 1 aromatic rings. The Balaban J connectivity index is 1.82. The van der Waals surface area contributed by atoms with Crippen molar-refractivity contribution in [1.82, 2.24) is 4.90 Å². The molecule has 0 spiro atoms. The molecule has 0 aliphatic carbocycles. The molecule has 0 bridgehead atoms. The summed E-state index contributed by atoms with van der Waals surface area (Å²) in [5, 5.41) is 0. The lowest BCUT2D eigenvalue weighted by molar-refractivity contribution is 0.414. The van der Waals surface area contributed by atoms with Crippen LogP contribution in [0.2, 0.25) is 0 Å². The number of thiocarbonyl (C=S) groups is 1. The number of nitrogens with zero attached hydrogens (tertiary/aromatic N) is 1. The summed E-state index contributed by atoms with van der Waals surface area (Å²) in [6.45, 7) is 2.24. The van der Waals surface area contributed by atoms with Crippen LogP contribution in [-0.4, -0.2) is 29.4 Å². The molecule has 0 N–H and O–H groups in total. The summed E-state index contributed by atoms with van der Waals surface area (Å²) in [5.74, 6) is 0.890. The van der Waals surface area contributed by atoms with E-state index < -0.39 is 0 Å². The lowest BCUT2D eigenvalue weighted by Crippen LogP contribution is -2.22. The highest BCUT2D eigenvalue weighted by molar-refractivity contribution is 8.83. The smallest absolute Gasteiger partial charge is 0.147 e. The number of methoxy groups -OCH3 is 1. The van der Waals surface area contributed by atoms with Gasteiger partial charge in [-0.25, -0.2) is 0 Å². The topological polar surface area (TPSA) is 12.5 Å². The largest absolute Gasteiger partial charge is 0.497 e. The molecule has 5 heteroatoms. The van der Waals surface area contributed by atoms with Crippen LogP contribution in [0.5, 0.6) is 5.75 Å². The number of hydrogen-bond donors (Lipinski definition) is 0. The van der Waals surface area contributed by atoms with E-state index >= 15 is 0 Å². The van der Waals surface area contributed by atoms with Crippen LogP contribution in [0.3, 0.4) is 0 Å². The number of benzene rings is 1.